The van der Waals surface area contributed by atoms with Crippen molar-refractivity contribution in [3.63, 3.8) is 0 Å². The van der Waals surface area contributed by atoms with Gasteiger partial charge in [-0.15, -0.1) is 0 Å². The molecule has 3 rings (SSSR count). The number of rotatable bonds is 2. The second-order valence-corrected chi connectivity index (χ2v) is 4.45. The van der Waals surface area contributed by atoms with E-state index in [1.807, 2.05) is 30.3 Å². The van der Waals surface area contributed by atoms with Crippen molar-refractivity contribution >= 4 is 22.8 Å². The number of fused-ring (bicyclic) bond motifs is 1. The molecule has 0 radical (unpaired) electrons. The van der Waals surface area contributed by atoms with Gasteiger partial charge in [0.05, 0.1) is 11.2 Å². The van der Waals surface area contributed by atoms with Gasteiger partial charge >= 0.3 is 0 Å². The van der Waals surface area contributed by atoms with Crippen LogP contribution in [-0.2, 0) is 0 Å². The molecule has 3 aromatic rings. The molecule has 0 saturated carbocycles. The predicted molar refractivity (Wildman–Crippen MR) is 81.2 cm³/mol. The Hall–Kier alpha value is -3.15. The number of nitrogens with two attached hydrogens (primary N) is 2. The first kappa shape index (κ1) is 12.9. The minimum atomic E-state index is -0.485. The van der Waals surface area contributed by atoms with E-state index in [-0.39, 0.29) is 5.96 Å². The van der Waals surface area contributed by atoms with Gasteiger partial charge in [-0.25, -0.2) is 0 Å². The number of guanidine groups is 1. The van der Waals surface area contributed by atoms with Crippen LogP contribution in [0.2, 0.25) is 0 Å². The third kappa shape index (κ3) is 2.34. The first-order valence-corrected chi connectivity index (χ1v) is 6.32. The number of para-hydroxylation sites is 1. The van der Waals surface area contributed by atoms with Crippen molar-refractivity contribution < 1.29 is 4.79 Å². The van der Waals surface area contributed by atoms with Crippen LogP contribution in [0.15, 0.2) is 59.9 Å². The van der Waals surface area contributed by atoms with E-state index < -0.39 is 5.91 Å². The van der Waals surface area contributed by atoms with Crippen molar-refractivity contribution in [1.82, 2.24) is 9.55 Å². The molecule has 104 valence electrons. The highest BCUT2D eigenvalue weighted by atomic mass is 16.1. The van der Waals surface area contributed by atoms with Gasteiger partial charge in [-0.2, -0.15) is 4.99 Å². The molecule has 0 atom stereocenters. The van der Waals surface area contributed by atoms with E-state index in [1.165, 1.54) is 0 Å². The average Bonchev–Trinajstić information content (AvgIpc) is 2.95. The molecule has 6 heteroatoms. The zero-order valence-electron chi connectivity index (χ0n) is 11.1. The topological polar surface area (TPSA) is 99.3 Å². The first-order valence-electron chi connectivity index (χ1n) is 6.32. The van der Waals surface area contributed by atoms with E-state index in [2.05, 4.69) is 9.98 Å². The van der Waals surface area contributed by atoms with Crippen LogP contribution in [0.4, 0.5) is 0 Å². The molecular formula is C15H13N5O. The summed E-state index contributed by atoms with van der Waals surface area (Å²) < 4.78 is 1.75. The van der Waals surface area contributed by atoms with Crippen molar-refractivity contribution in [1.29, 1.82) is 0 Å². The largest absolute Gasteiger partial charge is 0.370 e. The number of hydrogen-bond acceptors (Lipinski definition) is 2. The molecule has 0 aliphatic carbocycles. The number of aliphatic imine (C=N–C) groups is 1. The van der Waals surface area contributed by atoms with Gasteiger partial charge in [-0.05, 0) is 24.3 Å². The molecule has 1 amide bonds. The fraction of sp³-hybridized carbons (Fsp3) is 0. The number of carbonyl (C=O) groups is 1. The quantitative estimate of drug-likeness (QED) is 0.547. The fourth-order valence-electron chi connectivity index (χ4n) is 2.23. The van der Waals surface area contributed by atoms with Crippen LogP contribution < -0.4 is 11.5 Å². The second kappa shape index (κ2) is 5.09. The van der Waals surface area contributed by atoms with E-state index in [9.17, 15) is 4.79 Å². The van der Waals surface area contributed by atoms with Gasteiger partial charge in [0.15, 0.2) is 5.96 Å². The molecule has 0 spiro atoms. The number of nitrogens with zero attached hydrogens (tertiary/aromatic N) is 3. The third-order valence-electron chi connectivity index (χ3n) is 3.08. The zero-order valence-corrected chi connectivity index (χ0v) is 11.1. The summed E-state index contributed by atoms with van der Waals surface area (Å²) >= 11 is 0. The van der Waals surface area contributed by atoms with Gasteiger partial charge in [0.25, 0.3) is 5.91 Å². The zero-order chi connectivity index (χ0) is 14.8. The fourth-order valence-corrected chi connectivity index (χ4v) is 2.23. The maximum absolute atomic E-state index is 12.1. The molecule has 6 nitrogen and oxygen atoms in total. The smallest absolute Gasteiger partial charge is 0.297 e. The van der Waals surface area contributed by atoms with Gasteiger partial charge in [-0.3, -0.25) is 9.78 Å². The van der Waals surface area contributed by atoms with Gasteiger partial charge in [-0.1, -0.05) is 18.2 Å². The lowest BCUT2D eigenvalue weighted by molar-refractivity contribution is 0.0996. The number of pyridine rings is 1. The number of benzene rings is 1. The van der Waals surface area contributed by atoms with Crippen LogP contribution in [0.5, 0.6) is 0 Å². The van der Waals surface area contributed by atoms with Crippen LogP contribution in [0.1, 0.15) is 10.5 Å². The Labute approximate surface area is 120 Å². The summed E-state index contributed by atoms with van der Waals surface area (Å²) in [5.41, 5.74) is 12.6. The third-order valence-corrected chi connectivity index (χ3v) is 3.08. The van der Waals surface area contributed by atoms with Crippen molar-refractivity contribution in [2.24, 2.45) is 16.5 Å². The minimum absolute atomic E-state index is 0.257. The van der Waals surface area contributed by atoms with Crippen LogP contribution in [0, 0.1) is 0 Å². The van der Waals surface area contributed by atoms with Crippen molar-refractivity contribution in [2.45, 2.75) is 0 Å². The summed E-state index contributed by atoms with van der Waals surface area (Å²) in [7, 11) is 0. The molecule has 0 bridgehead atoms. The predicted octanol–water partition coefficient (Wildman–Crippen LogP) is 1.44. The Morgan fingerprint density at radius 1 is 1.10 bits per heavy atom. The molecule has 0 saturated heterocycles. The molecule has 0 aliphatic heterocycles. The van der Waals surface area contributed by atoms with E-state index in [0.717, 1.165) is 16.6 Å². The molecule has 2 aromatic heterocycles. The number of hydrogen-bond donors (Lipinski definition) is 2. The number of aromatic nitrogens is 2. The Balaban J connectivity index is 2.19. The monoisotopic (exact) mass is 279 g/mol. The van der Waals surface area contributed by atoms with E-state index in [0.29, 0.717) is 5.69 Å². The van der Waals surface area contributed by atoms with Crippen LogP contribution in [0.25, 0.3) is 16.6 Å². The lowest BCUT2D eigenvalue weighted by atomic mass is 10.2. The summed E-state index contributed by atoms with van der Waals surface area (Å²) in [6.07, 6.45) is 3.49. The summed E-state index contributed by atoms with van der Waals surface area (Å²) in [6.45, 7) is 0. The number of amides is 1. The minimum Gasteiger partial charge on any atom is -0.370 e. The Kier molecular flexibility index (Phi) is 3.12. The highest BCUT2D eigenvalue weighted by Gasteiger charge is 2.13. The molecule has 1 aromatic carbocycles. The van der Waals surface area contributed by atoms with Gasteiger partial charge < -0.3 is 16.0 Å². The summed E-state index contributed by atoms with van der Waals surface area (Å²) in [6, 6.07) is 13.0. The molecule has 21 heavy (non-hydrogen) atoms. The summed E-state index contributed by atoms with van der Waals surface area (Å²) in [4.78, 5) is 20.0. The van der Waals surface area contributed by atoms with Crippen LogP contribution in [0.3, 0.4) is 0 Å². The second-order valence-electron chi connectivity index (χ2n) is 4.45. The van der Waals surface area contributed by atoms with Crippen molar-refractivity contribution in [3.05, 3.63) is 60.6 Å². The first-order chi connectivity index (χ1) is 10.2. The molecule has 0 aliphatic rings. The van der Waals surface area contributed by atoms with E-state index >= 15 is 0 Å². The van der Waals surface area contributed by atoms with E-state index in [4.69, 9.17) is 11.5 Å². The molecule has 0 fully saturated rings. The van der Waals surface area contributed by atoms with Crippen LogP contribution >= 0.6 is 0 Å². The van der Waals surface area contributed by atoms with Gasteiger partial charge in [0.1, 0.15) is 5.69 Å². The molecule has 0 unspecified atom stereocenters. The maximum Gasteiger partial charge on any atom is 0.297 e. The Morgan fingerprint density at radius 2 is 1.90 bits per heavy atom. The van der Waals surface area contributed by atoms with Gasteiger partial charge in [0.2, 0.25) is 0 Å². The number of carbonyl (C=O) groups excluding carboxylic acids is 1. The van der Waals surface area contributed by atoms with Crippen molar-refractivity contribution in [2.75, 3.05) is 0 Å². The maximum atomic E-state index is 12.1. The highest BCUT2D eigenvalue weighted by molar-refractivity contribution is 6.02. The van der Waals surface area contributed by atoms with Gasteiger partial charge in [0, 0.05) is 17.8 Å². The summed E-state index contributed by atoms with van der Waals surface area (Å²) in [5.74, 6) is -0.742. The Morgan fingerprint density at radius 3 is 2.71 bits per heavy atom. The average molecular weight is 279 g/mol. The molecule has 2 heterocycles. The lowest BCUT2D eigenvalue weighted by Gasteiger charge is -2.10. The lowest BCUT2D eigenvalue weighted by Crippen LogP contribution is -2.24. The normalized spacial score (nSPS) is 10.5. The van der Waals surface area contributed by atoms with Crippen LogP contribution in [-0.4, -0.2) is 21.4 Å². The molecule has 4 N–H and O–H groups in total. The SMILES string of the molecule is NC(N)=NC(=O)c1cccn1-c1ccnc2ccccc12. The standard InChI is InChI=1S/C15H13N5O/c16-15(17)19-14(21)13-6-3-9-20(13)12-7-8-18-11-5-2-1-4-10(11)12/h1-9H,(H4,16,17,19,21). The Bertz CT molecular complexity index is 841. The van der Waals surface area contributed by atoms with E-state index in [1.54, 1.807) is 29.1 Å². The van der Waals surface area contributed by atoms with Crippen molar-refractivity contribution in [3.8, 4) is 5.69 Å². The summed E-state index contributed by atoms with van der Waals surface area (Å²) in [5, 5.41) is 0.940. The highest BCUT2D eigenvalue weighted by Crippen LogP contribution is 2.22. The molecular weight excluding hydrogens is 266 g/mol.